The molecule has 0 unspecified atom stereocenters. The van der Waals surface area contributed by atoms with Crippen LogP contribution in [0.25, 0.3) is 0 Å². The van der Waals surface area contributed by atoms with E-state index in [1.807, 2.05) is 6.92 Å². The first-order valence-electron chi connectivity index (χ1n) is 7.60. The van der Waals surface area contributed by atoms with E-state index < -0.39 is 17.4 Å². The van der Waals surface area contributed by atoms with Gasteiger partial charge in [0.25, 0.3) is 0 Å². The van der Waals surface area contributed by atoms with E-state index in [-0.39, 0.29) is 11.8 Å². The molecule has 0 heterocycles. The summed E-state index contributed by atoms with van der Waals surface area (Å²) in [5.74, 6) is -0.871. The van der Waals surface area contributed by atoms with Gasteiger partial charge in [0.2, 0.25) is 0 Å². The van der Waals surface area contributed by atoms with Crippen molar-refractivity contribution in [3.05, 3.63) is 23.8 Å². The predicted octanol–water partition coefficient (Wildman–Crippen LogP) is 3.03. The molecular weight excluding hydrogens is 268 g/mol. The standard InChI is InChI=1S/C17H24O4/c1-5-11(2)13-10-17(15(18)20-3,16(19)21-4)14-9-7-6-8-12(13)14/h10,12,14H,2,5-9H2,1,3-4H3/t12-,14-/m1/s1. The van der Waals surface area contributed by atoms with E-state index in [4.69, 9.17) is 9.47 Å². The van der Waals surface area contributed by atoms with Crippen LogP contribution in [0.2, 0.25) is 0 Å². The van der Waals surface area contributed by atoms with E-state index in [1.54, 1.807) is 6.08 Å². The van der Waals surface area contributed by atoms with Crippen LogP contribution < -0.4 is 0 Å². The number of carbonyl (C=O) groups is 2. The Bertz CT molecular complexity index is 473. The molecule has 2 aliphatic carbocycles. The predicted molar refractivity (Wildman–Crippen MR) is 79.4 cm³/mol. The highest BCUT2D eigenvalue weighted by atomic mass is 16.5. The average molecular weight is 292 g/mol. The molecule has 0 saturated heterocycles. The monoisotopic (exact) mass is 292 g/mol. The van der Waals surface area contributed by atoms with Gasteiger partial charge in [0.15, 0.2) is 5.41 Å². The highest BCUT2D eigenvalue weighted by molar-refractivity contribution is 6.03. The molecule has 116 valence electrons. The lowest BCUT2D eigenvalue weighted by molar-refractivity contribution is -0.170. The minimum absolute atomic E-state index is 0.0653. The number of fused-ring (bicyclic) bond motifs is 1. The first kappa shape index (κ1) is 15.8. The average Bonchev–Trinajstić information content (AvgIpc) is 2.89. The van der Waals surface area contributed by atoms with Crippen molar-refractivity contribution in [3.8, 4) is 0 Å². The highest BCUT2D eigenvalue weighted by Crippen LogP contribution is 2.55. The van der Waals surface area contributed by atoms with Crippen molar-refractivity contribution in [2.75, 3.05) is 14.2 Å². The molecule has 1 fully saturated rings. The van der Waals surface area contributed by atoms with Crippen LogP contribution in [0.3, 0.4) is 0 Å². The number of methoxy groups -OCH3 is 2. The van der Waals surface area contributed by atoms with Gasteiger partial charge in [-0.3, -0.25) is 9.59 Å². The molecule has 0 radical (unpaired) electrons. The van der Waals surface area contributed by atoms with Gasteiger partial charge in [-0.1, -0.05) is 38.0 Å². The number of allylic oxidation sites excluding steroid dienone is 2. The van der Waals surface area contributed by atoms with Crippen LogP contribution in [0.4, 0.5) is 0 Å². The molecule has 0 aliphatic heterocycles. The zero-order valence-corrected chi connectivity index (χ0v) is 13.1. The minimum Gasteiger partial charge on any atom is -0.468 e. The largest absolute Gasteiger partial charge is 0.468 e. The third-order valence-electron chi connectivity index (χ3n) is 5.01. The normalized spacial score (nSPS) is 26.5. The summed E-state index contributed by atoms with van der Waals surface area (Å²) in [5.41, 5.74) is 0.766. The van der Waals surface area contributed by atoms with Gasteiger partial charge in [0.05, 0.1) is 14.2 Å². The molecule has 0 aromatic heterocycles. The Labute approximate surface area is 126 Å². The van der Waals surface area contributed by atoms with Crippen molar-refractivity contribution in [3.63, 3.8) is 0 Å². The Kier molecular flexibility index (Phi) is 4.55. The SMILES string of the molecule is C=C(CC)C1=CC(C(=O)OC)(C(=O)OC)[C@@H]2CCCC[C@H]12. The maximum absolute atomic E-state index is 12.5. The fourth-order valence-corrected chi connectivity index (χ4v) is 3.92. The van der Waals surface area contributed by atoms with Crippen LogP contribution in [-0.2, 0) is 19.1 Å². The van der Waals surface area contributed by atoms with Crippen molar-refractivity contribution in [2.45, 2.75) is 39.0 Å². The lowest BCUT2D eigenvalue weighted by atomic mass is 9.67. The van der Waals surface area contributed by atoms with Gasteiger partial charge in [-0.25, -0.2) is 0 Å². The van der Waals surface area contributed by atoms with E-state index in [2.05, 4.69) is 6.58 Å². The second-order valence-electron chi connectivity index (χ2n) is 5.91. The smallest absolute Gasteiger partial charge is 0.327 e. The number of rotatable bonds is 4. The first-order chi connectivity index (χ1) is 10.0. The van der Waals surface area contributed by atoms with E-state index in [0.29, 0.717) is 0 Å². The zero-order valence-electron chi connectivity index (χ0n) is 13.1. The number of carbonyl (C=O) groups excluding carboxylic acids is 2. The quantitative estimate of drug-likeness (QED) is 0.590. The Morgan fingerprint density at radius 2 is 1.81 bits per heavy atom. The van der Waals surface area contributed by atoms with Gasteiger partial charge in [0, 0.05) is 0 Å². The minimum atomic E-state index is -1.29. The van der Waals surface area contributed by atoms with Gasteiger partial charge in [-0.2, -0.15) is 0 Å². The molecule has 0 aromatic rings. The molecule has 0 bridgehead atoms. The highest BCUT2D eigenvalue weighted by Gasteiger charge is 2.60. The van der Waals surface area contributed by atoms with E-state index in [9.17, 15) is 9.59 Å². The van der Waals surface area contributed by atoms with Crippen LogP contribution in [-0.4, -0.2) is 26.2 Å². The number of ether oxygens (including phenoxy) is 2. The van der Waals surface area contributed by atoms with Gasteiger partial charge >= 0.3 is 11.9 Å². The molecule has 21 heavy (non-hydrogen) atoms. The van der Waals surface area contributed by atoms with Crippen LogP contribution in [0.5, 0.6) is 0 Å². The van der Waals surface area contributed by atoms with Crippen LogP contribution in [0.15, 0.2) is 23.8 Å². The van der Waals surface area contributed by atoms with Gasteiger partial charge in [0.1, 0.15) is 0 Å². The van der Waals surface area contributed by atoms with Crippen molar-refractivity contribution in [1.82, 2.24) is 0 Å². The molecule has 2 rings (SSSR count). The molecule has 0 N–H and O–H groups in total. The van der Waals surface area contributed by atoms with Crippen LogP contribution in [0, 0.1) is 17.3 Å². The summed E-state index contributed by atoms with van der Waals surface area (Å²) in [6, 6.07) is 0. The summed E-state index contributed by atoms with van der Waals surface area (Å²) in [5, 5.41) is 0. The van der Waals surface area contributed by atoms with E-state index >= 15 is 0 Å². The summed E-state index contributed by atoms with van der Waals surface area (Å²) >= 11 is 0. The van der Waals surface area contributed by atoms with Gasteiger partial charge in [-0.05, 0) is 36.7 Å². The molecular formula is C17H24O4. The van der Waals surface area contributed by atoms with Crippen LogP contribution >= 0.6 is 0 Å². The number of hydrogen-bond donors (Lipinski definition) is 0. The van der Waals surface area contributed by atoms with E-state index in [0.717, 1.165) is 43.3 Å². The second-order valence-corrected chi connectivity index (χ2v) is 5.91. The third-order valence-corrected chi connectivity index (χ3v) is 5.01. The topological polar surface area (TPSA) is 52.6 Å². The van der Waals surface area contributed by atoms with Crippen molar-refractivity contribution < 1.29 is 19.1 Å². The molecule has 1 saturated carbocycles. The van der Waals surface area contributed by atoms with Gasteiger partial charge < -0.3 is 9.47 Å². The maximum atomic E-state index is 12.5. The Balaban J connectivity index is 2.56. The zero-order chi connectivity index (χ0) is 15.6. The third kappa shape index (κ3) is 2.30. The van der Waals surface area contributed by atoms with Crippen molar-refractivity contribution in [1.29, 1.82) is 0 Å². The van der Waals surface area contributed by atoms with E-state index in [1.165, 1.54) is 14.2 Å². The Morgan fingerprint density at radius 3 is 2.33 bits per heavy atom. The molecule has 0 amide bonds. The molecule has 2 atom stereocenters. The number of esters is 2. The van der Waals surface area contributed by atoms with Gasteiger partial charge in [-0.15, -0.1) is 0 Å². The Hall–Kier alpha value is -1.58. The summed E-state index contributed by atoms with van der Waals surface area (Å²) in [6.07, 6.45) is 6.58. The maximum Gasteiger partial charge on any atom is 0.327 e. The summed E-state index contributed by atoms with van der Waals surface area (Å²) in [6.45, 7) is 6.15. The molecule has 2 aliphatic rings. The summed E-state index contributed by atoms with van der Waals surface area (Å²) in [7, 11) is 2.65. The lowest BCUT2D eigenvalue weighted by Gasteiger charge is -2.36. The lowest BCUT2D eigenvalue weighted by Crippen LogP contribution is -2.46. The molecule has 4 heteroatoms. The summed E-state index contributed by atoms with van der Waals surface area (Å²) in [4.78, 5) is 24.9. The second kappa shape index (κ2) is 6.04. The fraction of sp³-hybridized carbons (Fsp3) is 0.647. The Morgan fingerprint density at radius 1 is 1.24 bits per heavy atom. The van der Waals surface area contributed by atoms with Crippen molar-refractivity contribution >= 4 is 11.9 Å². The fourth-order valence-electron chi connectivity index (χ4n) is 3.92. The molecule has 4 nitrogen and oxygen atoms in total. The van der Waals surface area contributed by atoms with Crippen molar-refractivity contribution in [2.24, 2.45) is 17.3 Å². The molecule has 0 aromatic carbocycles. The summed E-state index contributed by atoms with van der Waals surface area (Å²) < 4.78 is 9.91. The van der Waals surface area contributed by atoms with Crippen LogP contribution in [0.1, 0.15) is 39.0 Å². The molecule has 0 spiro atoms. The first-order valence-corrected chi connectivity index (χ1v) is 7.60. The number of hydrogen-bond acceptors (Lipinski definition) is 4.